The summed E-state index contributed by atoms with van der Waals surface area (Å²) in [6.45, 7) is 0.272. The van der Waals surface area contributed by atoms with Gasteiger partial charge in [-0.25, -0.2) is 4.39 Å². The van der Waals surface area contributed by atoms with Crippen molar-refractivity contribution in [2.45, 2.75) is 18.6 Å². The quantitative estimate of drug-likeness (QED) is 0.349. The van der Waals surface area contributed by atoms with Gasteiger partial charge >= 0.3 is 14.4 Å². The van der Waals surface area contributed by atoms with Crippen LogP contribution in [0, 0.1) is 0 Å². The number of alkyl halides is 3. The second kappa shape index (κ2) is 11.3. The minimum Gasteiger partial charge on any atom is -0.382 e. The highest BCUT2D eigenvalue weighted by Crippen LogP contribution is 2.35. The van der Waals surface area contributed by atoms with E-state index in [4.69, 9.17) is 27.5 Å². The van der Waals surface area contributed by atoms with Crippen LogP contribution in [-0.4, -0.2) is 81.5 Å². The second-order valence-corrected chi connectivity index (χ2v) is 6.96. The smallest absolute Gasteiger partial charge is 0.382 e. The molecule has 1 unspecified atom stereocenters. The Hall–Kier alpha value is -0.233. The van der Waals surface area contributed by atoms with Crippen LogP contribution in [-0.2, 0) is 27.5 Å². The van der Waals surface area contributed by atoms with Gasteiger partial charge < -0.3 is 27.5 Å². The van der Waals surface area contributed by atoms with E-state index in [1.807, 2.05) is 0 Å². The molecule has 0 aromatic carbocycles. The molecule has 0 amide bonds. The molecule has 0 bridgehead atoms. The maximum atomic E-state index is 14.3. The van der Waals surface area contributed by atoms with Gasteiger partial charge in [-0.3, -0.25) is 0 Å². The number of ether oxygens (including phenoxy) is 3. The summed E-state index contributed by atoms with van der Waals surface area (Å²) in [6, 6.07) is 0. The zero-order valence-electron chi connectivity index (χ0n) is 13.4. The third-order valence-corrected chi connectivity index (χ3v) is 5.61. The number of rotatable bonds is 14. The van der Waals surface area contributed by atoms with Gasteiger partial charge in [0.15, 0.2) is 6.17 Å². The van der Waals surface area contributed by atoms with E-state index in [1.165, 1.54) is 21.3 Å². The molecular weight excluding hydrogens is 325 g/mol. The fraction of sp³-hybridized carbons (Fsp3) is 1.00. The van der Waals surface area contributed by atoms with Crippen molar-refractivity contribution in [1.29, 1.82) is 0 Å². The Morgan fingerprint density at radius 1 is 0.773 bits per heavy atom. The molecule has 0 aromatic rings. The lowest BCUT2D eigenvalue weighted by Gasteiger charge is -2.35. The van der Waals surface area contributed by atoms with Gasteiger partial charge in [0.05, 0.1) is 39.6 Å². The molecule has 0 heterocycles. The molecule has 1 atom stereocenters. The maximum Gasteiger partial charge on any atom is 0.578 e. The van der Waals surface area contributed by atoms with Gasteiger partial charge in [0.2, 0.25) is 0 Å². The SMILES string of the molecule is COCCO[Si](OCCOC)(OCCOC)C(F)(F)C(C)F. The van der Waals surface area contributed by atoms with Gasteiger partial charge in [0, 0.05) is 21.3 Å². The molecule has 0 saturated heterocycles. The summed E-state index contributed by atoms with van der Waals surface area (Å²) in [4.78, 5) is 0. The molecule has 0 saturated carbocycles. The van der Waals surface area contributed by atoms with Crippen LogP contribution in [0.4, 0.5) is 13.2 Å². The first-order valence-corrected chi connectivity index (χ1v) is 8.51. The Morgan fingerprint density at radius 3 is 1.32 bits per heavy atom. The normalized spacial score (nSPS) is 14.3. The number of hydrogen-bond acceptors (Lipinski definition) is 6. The van der Waals surface area contributed by atoms with E-state index < -0.39 is 20.5 Å². The molecule has 0 radical (unpaired) electrons. The first kappa shape index (κ1) is 21.8. The van der Waals surface area contributed by atoms with Crippen LogP contribution in [0.15, 0.2) is 0 Å². The van der Waals surface area contributed by atoms with Gasteiger partial charge in [-0.15, -0.1) is 0 Å². The van der Waals surface area contributed by atoms with Crippen molar-refractivity contribution in [2.24, 2.45) is 0 Å². The topological polar surface area (TPSA) is 55.4 Å². The minimum absolute atomic E-state index is 0.0484. The van der Waals surface area contributed by atoms with Gasteiger partial charge in [-0.1, -0.05) is 0 Å². The Morgan fingerprint density at radius 2 is 1.09 bits per heavy atom. The molecule has 22 heavy (non-hydrogen) atoms. The lowest BCUT2D eigenvalue weighted by molar-refractivity contribution is -0.0985. The third kappa shape index (κ3) is 6.48. The van der Waals surface area contributed by atoms with E-state index >= 15 is 0 Å². The molecule has 6 nitrogen and oxygen atoms in total. The van der Waals surface area contributed by atoms with Gasteiger partial charge in [0.25, 0.3) is 0 Å². The van der Waals surface area contributed by atoms with Gasteiger partial charge in [-0.2, -0.15) is 8.78 Å². The van der Waals surface area contributed by atoms with Gasteiger partial charge in [0.1, 0.15) is 0 Å². The van der Waals surface area contributed by atoms with Gasteiger partial charge in [-0.05, 0) is 6.92 Å². The van der Waals surface area contributed by atoms with E-state index in [0.717, 1.165) is 6.92 Å². The monoisotopic (exact) mass is 350 g/mol. The van der Waals surface area contributed by atoms with Crippen LogP contribution >= 0.6 is 0 Å². The second-order valence-electron chi connectivity index (χ2n) is 4.32. The summed E-state index contributed by atoms with van der Waals surface area (Å²) >= 11 is 0. The zero-order valence-corrected chi connectivity index (χ0v) is 14.4. The molecule has 0 fully saturated rings. The summed E-state index contributed by atoms with van der Waals surface area (Å²) in [5, 5.41) is 0. The summed E-state index contributed by atoms with van der Waals surface area (Å²) in [5.41, 5.74) is -3.90. The molecule has 0 rings (SSSR count). The molecule has 0 N–H and O–H groups in total. The van der Waals surface area contributed by atoms with Crippen LogP contribution in [0.2, 0.25) is 0 Å². The average Bonchev–Trinajstić information content (AvgIpc) is 2.47. The highest BCUT2D eigenvalue weighted by atomic mass is 28.4. The Bertz CT molecular complexity index is 257. The largest absolute Gasteiger partial charge is 0.578 e. The number of halogens is 3. The van der Waals surface area contributed by atoms with E-state index in [1.54, 1.807) is 0 Å². The van der Waals surface area contributed by atoms with E-state index in [-0.39, 0.29) is 39.6 Å². The van der Waals surface area contributed by atoms with E-state index in [0.29, 0.717) is 0 Å². The lowest BCUT2D eigenvalue weighted by atomic mass is 10.5. The van der Waals surface area contributed by atoms with Crippen LogP contribution in [0.5, 0.6) is 0 Å². The predicted octanol–water partition coefficient (Wildman–Crippen LogP) is 1.45. The molecular formula is C12H25F3O6Si. The van der Waals surface area contributed by atoms with E-state index in [2.05, 4.69) is 0 Å². The van der Waals surface area contributed by atoms with Crippen molar-refractivity contribution >= 4 is 8.80 Å². The third-order valence-electron chi connectivity index (χ3n) is 2.65. The molecule has 0 spiro atoms. The van der Waals surface area contributed by atoms with Crippen LogP contribution < -0.4 is 0 Å². The molecule has 0 aliphatic rings. The Balaban J connectivity index is 5.18. The van der Waals surface area contributed by atoms with Crippen molar-refractivity contribution in [3.05, 3.63) is 0 Å². The summed E-state index contributed by atoms with van der Waals surface area (Å²) in [7, 11) is -0.479. The molecule has 0 aromatic heterocycles. The van der Waals surface area contributed by atoms with E-state index in [9.17, 15) is 13.2 Å². The molecule has 0 aliphatic heterocycles. The van der Waals surface area contributed by atoms with Crippen LogP contribution in [0.1, 0.15) is 6.92 Å². The van der Waals surface area contributed by atoms with Crippen molar-refractivity contribution in [2.75, 3.05) is 61.0 Å². The fourth-order valence-corrected chi connectivity index (χ4v) is 3.81. The maximum absolute atomic E-state index is 14.3. The highest BCUT2D eigenvalue weighted by molar-refractivity contribution is 6.63. The Kier molecular flexibility index (Phi) is 11.2. The number of methoxy groups -OCH3 is 3. The lowest BCUT2D eigenvalue weighted by Crippen LogP contribution is -2.65. The van der Waals surface area contributed by atoms with Crippen LogP contribution in [0.3, 0.4) is 0 Å². The molecule has 0 aliphatic carbocycles. The molecule has 134 valence electrons. The Labute approximate surface area is 130 Å². The van der Waals surface area contributed by atoms with Crippen LogP contribution in [0.25, 0.3) is 0 Å². The van der Waals surface area contributed by atoms with Crippen molar-refractivity contribution in [1.82, 2.24) is 0 Å². The average molecular weight is 350 g/mol. The minimum atomic E-state index is -4.65. The zero-order chi connectivity index (χ0) is 17.1. The highest BCUT2D eigenvalue weighted by Gasteiger charge is 2.68. The summed E-state index contributed by atoms with van der Waals surface area (Å²) in [6.07, 6.45) is -2.49. The molecule has 10 heteroatoms. The van der Waals surface area contributed by atoms with Crippen molar-refractivity contribution in [3.63, 3.8) is 0 Å². The summed E-state index contributed by atoms with van der Waals surface area (Å²) < 4.78 is 71.9. The first-order valence-electron chi connectivity index (χ1n) is 6.78. The fourth-order valence-electron chi connectivity index (χ4n) is 1.44. The standard InChI is InChI=1S/C12H25F3O6Si/c1-11(13)12(14,15)22(19-8-5-16-2,20-9-6-17-3)21-10-7-18-4/h11H,5-10H2,1-4H3. The summed E-state index contributed by atoms with van der Waals surface area (Å²) in [5.74, 6) is 0. The van der Waals surface area contributed by atoms with Crippen molar-refractivity contribution < 1.29 is 40.7 Å². The number of hydrogen-bond donors (Lipinski definition) is 0. The first-order chi connectivity index (χ1) is 10.4. The van der Waals surface area contributed by atoms with Crippen molar-refractivity contribution in [3.8, 4) is 0 Å². The predicted molar refractivity (Wildman–Crippen MR) is 74.8 cm³/mol.